The molecule has 2 rings (SSSR count). The summed E-state index contributed by atoms with van der Waals surface area (Å²) in [6.07, 6.45) is 11.7. The Morgan fingerprint density at radius 2 is 1.92 bits per heavy atom. The first-order valence-corrected chi connectivity index (χ1v) is 10.1. The van der Waals surface area contributed by atoms with Gasteiger partial charge >= 0.3 is 5.97 Å². The summed E-state index contributed by atoms with van der Waals surface area (Å²) >= 11 is 0. The predicted molar refractivity (Wildman–Crippen MR) is 102 cm³/mol. The van der Waals surface area contributed by atoms with Crippen LogP contribution in [0.5, 0.6) is 5.75 Å². The van der Waals surface area contributed by atoms with Gasteiger partial charge in [0, 0.05) is 6.42 Å². The van der Waals surface area contributed by atoms with Crippen LogP contribution >= 0.6 is 0 Å². The minimum absolute atomic E-state index is 0.110. The molecule has 1 aromatic carbocycles. The smallest absolute Gasteiger partial charge is 0.306 e. The van der Waals surface area contributed by atoms with E-state index in [1.54, 1.807) is 0 Å². The van der Waals surface area contributed by atoms with Crippen molar-refractivity contribution in [3.63, 3.8) is 0 Å². The highest BCUT2D eigenvalue weighted by Gasteiger charge is 2.20. The third kappa shape index (κ3) is 6.37. The number of benzene rings is 1. The molecule has 1 aliphatic rings. The number of carbonyl (C=O) groups is 1. The van der Waals surface area contributed by atoms with E-state index in [-0.39, 0.29) is 5.97 Å². The maximum atomic E-state index is 11.9. The van der Waals surface area contributed by atoms with Gasteiger partial charge in [-0.25, -0.2) is 0 Å². The predicted octanol–water partition coefficient (Wildman–Crippen LogP) is 5.80. The van der Waals surface area contributed by atoms with Crippen molar-refractivity contribution >= 4 is 5.97 Å². The van der Waals surface area contributed by atoms with E-state index in [4.69, 9.17) is 4.74 Å². The number of hydrogen-bond donors (Lipinski definition) is 1. The van der Waals surface area contributed by atoms with Crippen LogP contribution in [0.3, 0.4) is 0 Å². The number of esters is 1. The van der Waals surface area contributed by atoms with E-state index >= 15 is 0 Å². The number of aryl methyl sites for hydroxylation is 2. The normalized spacial score (nSPS) is 15.3. The minimum Gasteiger partial charge on any atom is -0.507 e. The van der Waals surface area contributed by atoms with Gasteiger partial charge in [0.15, 0.2) is 0 Å². The monoisotopic (exact) mass is 346 g/mol. The molecule has 1 fully saturated rings. The second-order valence-corrected chi connectivity index (χ2v) is 7.47. The van der Waals surface area contributed by atoms with Crippen molar-refractivity contribution in [3.05, 3.63) is 28.8 Å². The molecule has 1 aromatic rings. The van der Waals surface area contributed by atoms with E-state index in [9.17, 15) is 9.90 Å². The van der Waals surface area contributed by atoms with Crippen LogP contribution in [-0.2, 0) is 16.0 Å². The number of rotatable bonds is 9. The van der Waals surface area contributed by atoms with Crippen LogP contribution in [0.1, 0.15) is 93.7 Å². The molecule has 0 radical (unpaired) electrons. The van der Waals surface area contributed by atoms with E-state index in [0.29, 0.717) is 31.1 Å². The minimum atomic E-state index is -0.110. The van der Waals surface area contributed by atoms with E-state index in [0.717, 1.165) is 42.4 Å². The molecule has 0 spiro atoms. The van der Waals surface area contributed by atoms with Crippen molar-refractivity contribution in [2.45, 2.75) is 90.4 Å². The highest BCUT2D eigenvalue weighted by Crippen LogP contribution is 2.39. The molecule has 3 heteroatoms. The zero-order valence-electron chi connectivity index (χ0n) is 16.0. The number of ether oxygens (including phenoxy) is 1. The van der Waals surface area contributed by atoms with Gasteiger partial charge in [-0.1, -0.05) is 57.6 Å². The van der Waals surface area contributed by atoms with E-state index in [1.165, 1.54) is 32.1 Å². The Balaban J connectivity index is 1.87. The molecule has 0 saturated heterocycles. The van der Waals surface area contributed by atoms with Gasteiger partial charge in [0.05, 0.1) is 6.61 Å². The lowest BCUT2D eigenvalue weighted by molar-refractivity contribution is -0.143. The molecule has 25 heavy (non-hydrogen) atoms. The lowest BCUT2D eigenvalue weighted by atomic mass is 9.82. The molecule has 140 valence electrons. The highest BCUT2D eigenvalue weighted by atomic mass is 16.5. The van der Waals surface area contributed by atoms with Gasteiger partial charge in [0.2, 0.25) is 0 Å². The first-order valence-electron chi connectivity index (χ1n) is 10.1. The fourth-order valence-corrected chi connectivity index (χ4v) is 3.79. The summed E-state index contributed by atoms with van der Waals surface area (Å²) in [5.74, 6) is 0.813. The maximum absolute atomic E-state index is 11.9. The van der Waals surface area contributed by atoms with Crippen molar-refractivity contribution in [3.8, 4) is 5.75 Å². The summed E-state index contributed by atoms with van der Waals surface area (Å²) in [4.78, 5) is 11.9. The Morgan fingerprint density at radius 3 is 2.64 bits per heavy atom. The van der Waals surface area contributed by atoms with Gasteiger partial charge in [0.1, 0.15) is 5.75 Å². The van der Waals surface area contributed by atoms with Crippen LogP contribution in [-0.4, -0.2) is 17.7 Å². The Labute approximate surface area is 152 Å². The molecule has 0 bridgehead atoms. The third-order valence-corrected chi connectivity index (χ3v) is 5.31. The SMILES string of the molecule is CCCCCCOC(=O)CCc1cc(C)c(O)c(C2CCCCC2)c1. The topological polar surface area (TPSA) is 46.5 Å². The number of unbranched alkanes of at least 4 members (excludes halogenated alkanes) is 3. The molecule has 0 atom stereocenters. The maximum Gasteiger partial charge on any atom is 0.306 e. The Kier molecular flexibility index (Phi) is 8.30. The quantitative estimate of drug-likeness (QED) is 0.454. The summed E-state index contributed by atoms with van der Waals surface area (Å²) in [6, 6.07) is 4.13. The van der Waals surface area contributed by atoms with Gasteiger partial charge in [0.25, 0.3) is 0 Å². The summed E-state index contributed by atoms with van der Waals surface area (Å²) in [5.41, 5.74) is 3.15. The Hall–Kier alpha value is -1.51. The Morgan fingerprint density at radius 1 is 1.16 bits per heavy atom. The fourth-order valence-electron chi connectivity index (χ4n) is 3.79. The van der Waals surface area contributed by atoms with Gasteiger partial charge in [-0.3, -0.25) is 4.79 Å². The van der Waals surface area contributed by atoms with Crippen LogP contribution in [0, 0.1) is 6.92 Å². The first-order chi connectivity index (χ1) is 12.1. The number of carbonyl (C=O) groups excluding carboxylic acids is 1. The second kappa shape index (κ2) is 10.5. The number of phenolic OH excluding ortho intramolecular Hbond substituents is 1. The second-order valence-electron chi connectivity index (χ2n) is 7.47. The molecular weight excluding hydrogens is 312 g/mol. The van der Waals surface area contributed by atoms with Gasteiger partial charge in [-0.05, 0) is 55.2 Å². The van der Waals surface area contributed by atoms with E-state index in [1.807, 2.05) is 13.0 Å². The van der Waals surface area contributed by atoms with Crippen molar-refractivity contribution < 1.29 is 14.6 Å². The lowest BCUT2D eigenvalue weighted by Crippen LogP contribution is -2.09. The van der Waals surface area contributed by atoms with Gasteiger partial charge in [-0.2, -0.15) is 0 Å². The summed E-state index contributed by atoms with van der Waals surface area (Å²) in [6.45, 7) is 4.67. The van der Waals surface area contributed by atoms with Gasteiger partial charge in [-0.15, -0.1) is 0 Å². The molecule has 1 aliphatic carbocycles. The van der Waals surface area contributed by atoms with Crippen molar-refractivity contribution in [2.75, 3.05) is 6.61 Å². The van der Waals surface area contributed by atoms with E-state index < -0.39 is 0 Å². The van der Waals surface area contributed by atoms with Crippen LogP contribution in [0.2, 0.25) is 0 Å². The number of hydrogen-bond acceptors (Lipinski definition) is 3. The first kappa shape index (κ1) is 19.8. The molecule has 0 heterocycles. The highest BCUT2D eigenvalue weighted by molar-refractivity contribution is 5.69. The molecule has 0 aromatic heterocycles. The number of aromatic hydroxyl groups is 1. The van der Waals surface area contributed by atoms with Crippen LogP contribution < -0.4 is 0 Å². The largest absolute Gasteiger partial charge is 0.507 e. The average molecular weight is 347 g/mol. The third-order valence-electron chi connectivity index (χ3n) is 5.31. The van der Waals surface area contributed by atoms with Crippen molar-refractivity contribution in [1.82, 2.24) is 0 Å². The summed E-state index contributed by atoms with van der Waals surface area (Å²) in [7, 11) is 0. The molecule has 0 unspecified atom stereocenters. The summed E-state index contributed by atoms with van der Waals surface area (Å²) < 4.78 is 5.32. The Bertz CT molecular complexity index is 544. The zero-order chi connectivity index (χ0) is 18.1. The van der Waals surface area contributed by atoms with Gasteiger partial charge < -0.3 is 9.84 Å². The number of phenols is 1. The summed E-state index contributed by atoms with van der Waals surface area (Å²) in [5, 5.41) is 10.4. The van der Waals surface area contributed by atoms with E-state index in [2.05, 4.69) is 13.0 Å². The van der Waals surface area contributed by atoms with Crippen LogP contribution in [0.15, 0.2) is 12.1 Å². The molecule has 1 saturated carbocycles. The molecule has 0 amide bonds. The molecular formula is C22H34O3. The van der Waals surface area contributed by atoms with Crippen LogP contribution in [0.25, 0.3) is 0 Å². The van der Waals surface area contributed by atoms with Crippen LogP contribution in [0.4, 0.5) is 0 Å². The average Bonchev–Trinajstić information content (AvgIpc) is 2.63. The lowest BCUT2D eigenvalue weighted by Gasteiger charge is -2.24. The molecule has 3 nitrogen and oxygen atoms in total. The van der Waals surface area contributed by atoms with Crippen molar-refractivity contribution in [2.24, 2.45) is 0 Å². The zero-order valence-corrected chi connectivity index (χ0v) is 16.0. The molecule has 0 aliphatic heterocycles. The fraction of sp³-hybridized carbons (Fsp3) is 0.682. The standard InChI is InChI=1S/C22H34O3/c1-3-4-5-9-14-25-21(23)13-12-18-15-17(2)22(24)20(16-18)19-10-7-6-8-11-19/h15-16,19,24H,3-14H2,1-2H3. The molecule has 1 N–H and O–H groups in total. The van der Waals surface area contributed by atoms with Crippen molar-refractivity contribution in [1.29, 1.82) is 0 Å².